The van der Waals surface area contributed by atoms with E-state index in [1.54, 1.807) is 35.0 Å². The Balaban J connectivity index is 1.79. The molecule has 2 N–H and O–H groups in total. The number of aromatic nitrogens is 2. The van der Waals surface area contributed by atoms with E-state index in [1.165, 1.54) is 0 Å². The second kappa shape index (κ2) is 11.7. The van der Waals surface area contributed by atoms with Crippen LogP contribution in [0.3, 0.4) is 0 Å². The summed E-state index contributed by atoms with van der Waals surface area (Å²) in [4.78, 5) is 12.8. The molecular weight excluding hydrogens is 479 g/mol. The van der Waals surface area contributed by atoms with Crippen LogP contribution in [0.25, 0.3) is 16.9 Å². The molecule has 1 heterocycles. The zero-order chi connectivity index (χ0) is 24.0. The SMILES string of the molecule is C=CCC(C)C(C)NCCNC(=O)c1cc(-c2ccc(Cl)cc2Cl)n(-c2ccc(Cl)cc2)n1. The standard InChI is InChI=1S/C25H27Cl3N4O/c1-4-5-16(2)17(3)29-12-13-30-25(33)23-15-24(21-11-8-19(27)14-22(21)28)32(31-23)20-9-6-18(26)7-10-20/h4,6-11,14-17,29H,1,5,12-13H2,2-3H3,(H,30,33). The number of carbonyl (C=O) groups is 1. The lowest BCUT2D eigenvalue weighted by atomic mass is 10.00. The molecule has 2 atom stereocenters. The van der Waals surface area contributed by atoms with E-state index in [0.717, 1.165) is 12.1 Å². The first-order valence-electron chi connectivity index (χ1n) is 10.7. The van der Waals surface area contributed by atoms with Gasteiger partial charge in [-0.25, -0.2) is 4.68 Å². The fraction of sp³-hybridized carbons (Fsp3) is 0.280. The third kappa shape index (κ3) is 6.61. The van der Waals surface area contributed by atoms with Crippen LogP contribution in [-0.2, 0) is 0 Å². The molecule has 0 bridgehead atoms. The van der Waals surface area contributed by atoms with Crippen molar-refractivity contribution >= 4 is 40.7 Å². The van der Waals surface area contributed by atoms with Crippen LogP contribution in [0.4, 0.5) is 0 Å². The van der Waals surface area contributed by atoms with Crippen LogP contribution in [0.5, 0.6) is 0 Å². The highest BCUT2D eigenvalue weighted by Gasteiger charge is 2.19. The molecule has 0 aliphatic heterocycles. The van der Waals surface area contributed by atoms with Gasteiger partial charge in [0, 0.05) is 34.7 Å². The van der Waals surface area contributed by atoms with E-state index >= 15 is 0 Å². The van der Waals surface area contributed by atoms with Crippen molar-refractivity contribution in [1.29, 1.82) is 0 Å². The van der Waals surface area contributed by atoms with Crippen molar-refractivity contribution in [3.05, 3.63) is 81.9 Å². The summed E-state index contributed by atoms with van der Waals surface area (Å²) in [5, 5.41) is 12.5. The number of nitrogens with one attached hydrogen (secondary N) is 2. The number of carbonyl (C=O) groups excluding carboxylic acids is 1. The summed E-state index contributed by atoms with van der Waals surface area (Å²) in [6.07, 6.45) is 2.87. The maximum atomic E-state index is 12.8. The number of halogens is 3. The van der Waals surface area contributed by atoms with E-state index in [2.05, 4.69) is 36.2 Å². The van der Waals surface area contributed by atoms with Gasteiger partial charge in [-0.15, -0.1) is 6.58 Å². The molecule has 174 valence electrons. The molecule has 0 spiro atoms. The summed E-state index contributed by atoms with van der Waals surface area (Å²) in [5.74, 6) is 0.211. The van der Waals surface area contributed by atoms with E-state index in [-0.39, 0.29) is 5.91 Å². The number of hydrogen-bond acceptors (Lipinski definition) is 3. The predicted octanol–water partition coefficient (Wildman–Crippen LogP) is 6.42. The lowest BCUT2D eigenvalue weighted by molar-refractivity contribution is 0.0948. The van der Waals surface area contributed by atoms with Crippen molar-refractivity contribution in [3.8, 4) is 16.9 Å². The third-order valence-corrected chi connectivity index (χ3v) is 6.29. The molecule has 0 saturated carbocycles. The molecule has 1 aromatic heterocycles. The molecule has 8 heteroatoms. The quantitative estimate of drug-likeness (QED) is 0.247. The topological polar surface area (TPSA) is 58.9 Å². The van der Waals surface area contributed by atoms with Crippen molar-refractivity contribution in [1.82, 2.24) is 20.4 Å². The number of amides is 1. The van der Waals surface area contributed by atoms with Crippen LogP contribution in [0, 0.1) is 5.92 Å². The van der Waals surface area contributed by atoms with Gasteiger partial charge in [-0.05, 0) is 67.8 Å². The second-order valence-electron chi connectivity index (χ2n) is 7.93. The van der Waals surface area contributed by atoms with E-state index < -0.39 is 0 Å². The molecule has 2 unspecified atom stereocenters. The molecule has 33 heavy (non-hydrogen) atoms. The van der Waals surface area contributed by atoms with Gasteiger partial charge in [0.1, 0.15) is 0 Å². The minimum Gasteiger partial charge on any atom is -0.349 e. The molecule has 3 rings (SSSR count). The highest BCUT2D eigenvalue weighted by molar-refractivity contribution is 6.36. The minimum absolute atomic E-state index is 0.261. The molecule has 0 aliphatic carbocycles. The Labute approximate surface area is 209 Å². The summed E-state index contributed by atoms with van der Waals surface area (Å²) in [7, 11) is 0. The lowest BCUT2D eigenvalue weighted by Crippen LogP contribution is -2.38. The van der Waals surface area contributed by atoms with Gasteiger partial charge in [-0.3, -0.25) is 4.79 Å². The zero-order valence-corrected chi connectivity index (χ0v) is 20.9. The Bertz CT molecular complexity index is 1110. The molecule has 0 fully saturated rings. The molecule has 0 aliphatic rings. The lowest BCUT2D eigenvalue weighted by Gasteiger charge is -2.20. The van der Waals surface area contributed by atoms with Crippen LogP contribution in [0.15, 0.2) is 61.2 Å². The van der Waals surface area contributed by atoms with Crippen LogP contribution in [-0.4, -0.2) is 34.8 Å². The molecule has 0 radical (unpaired) electrons. The molecule has 5 nitrogen and oxygen atoms in total. The first-order valence-corrected chi connectivity index (χ1v) is 11.9. The molecule has 0 saturated heterocycles. The van der Waals surface area contributed by atoms with Gasteiger partial charge >= 0.3 is 0 Å². The molecule has 3 aromatic rings. The van der Waals surface area contributed by atoms with Crippen LogP contribution in [0.1, 0.15) is 30.8 Å². The van der Waals surface area contributed by atoms with Crippen LogP contribution >= 0.6 is 34.8 Å². The predicted molar refractivity (Wildman–Crippen MR) is 138 cm³/mol. The number of allylic oxidation sites excluding steroid dienone is 1. The molecular formula is C25H27Cl3N4O. The Kier molecular flexibility index (Phi) is 8.98. The van der Waals surface area contributed by atoms with E-state index in [9.17, 15) is 4.79 Å². The van der Waals surface area contributed by atoms with Gasteiger partial charge in [-0.1, -0.05) is 47.8 Å². The monoisotopic (exact) mass is 504 g/mol. The number of benzene rings is 2. The third-order valence-electron chi connectivity index (χ3n) is 5.49. The van der Waals surface area contributed by atoms with Crippen molar-refractivity contribution in [2.75, 3.05) is 13.1 Å². The Hall–Kier alpha value is -2.31. The van der Waals surface area contributed by atoms with Crippen LogP contribution in [0.2, 0.25) is 15.1 Å². The van der Waals surface area contributed by atoms with Crippen molar-refractivity contribution in [2.24, 2.45) is 5.92 Å². The van der Waals surface area contributed by atoms with Gasteiger partial charge in [-0.2, -0.15) is 5.10 Å². The minimum atomic E-state index is -0.261. The maximum Gasteiger partial charge on any atom is 0.271 e. The van der Waals surface area contributed by atoms with Gasteiger partial charge in [0.25, 0.3) is 5.91 Å². The number of hydrogen-bond donors (Lipinski definition) is 2. The van der Waals surface area contributed by atoms with Crippen molar-refractivity contribution in [3.63, 3.8) is 0 Å². The average Bonchev–Trinajstić information content (AvgIpc) is 3.22. The smallest absolute Gasteiger partial charge is 0.271 e. The summed E-state index contributed by atoms with van der Waals surface area (Å²) in [5.41, 5.74) is 2.44. The number of rotatable bonds is 10. The van der Waals surface area contributed by atoms with Crippen LogP contribution < -0.4 is 10.6 Å². The van der Waals surface area contributed by atoms with E-state index in [0.29, 0.717) is 57.1 Å². The first kappa shape index (κ1) is 25.3. The largest absolute Gasteiger partial charge is 0.349 e. The van der Waals surface area contributed by atoms with Gasteiger partial charge < -0.3 is 10.6 Å². The number of nitrogens with zero attached hydrogens (tertiary/aromatic N) is 2. The highest BCUT2D eigenvalue weighted by atomic mass is 35.5. The summed E-state index contributed by atoms with van der Waals surface area (Å²) < 4.78 is 1.68. The molecule has 1 amide bonds. The van der Waals surface area contributed by atoms with E-state index in [4.69, 9.17) is 34.8 Å². The van der Waals surface area contributed by atoms with Gasteiger partial charge in [0.05, 0.1) is 16.4 Å². The normalized spacial score (nSPS) is 12.9. The van der Waals surface area contributed by atoms with Crippen molar-refractivity contribution < 1.29 is 4.79 Å². The summed E-state index contributed by atoms with van der Waals surface area (Å²) in [6.45, 7) is 9.23. The van der Waals surface area contributed by atoms with Gasteiger partial charge in [0.2, 0.25) is 0 Å². The second-order valence-corrected chi connectivity index (χ2v) is 9.21. The van der Waals surface area contributed by atoms with Gasteiger partial charge in [0.15, 0.2) is 5.69 Å². The Morgan fingerprint density at radius 2 is 1.76 bits per heavy atom. The van der Waals surface area contributed by atoms with E-state index in [1.807, 2.05) is 24.3 Å². The zero-order valence-electron chi connectivity index (χ0n) is 18.6. The fourth-order valence-corrected chi connectivity index (χ4v) is 4.03. The first-order chi connectivity index (χ1) is 15.8. The summed E-state index contributed by atoms with van der Waals surface area (Å²) >= 11 is 18.6. The highest BCUT2D eigenvalue weighted by Crippen LogP contribution is 2.32. The Morgan fingerprint density at radius 3 is 2.42 bits per heavy atom. The average molecular weight is 506 g/mol. The van der Waals surface area contributed by atoms with Crippen molar-refractivity contribution in [2.45, 2.75) is 26.3 Å². The Morgan fingerprint density at radius 1 is 1.06 bits per heavy atom. The molecule has 2 aromatic carbocycles. The fourth-order valence-electron chi connectivity index (χ4n) is 3.39. The summed E-state index contributed by atoms with van der Waals surface area (Å²) in [6, 6.07) is 14.5. The maximum absolute atomic E-state index is 12.8.